The van der Waals surface area contributed by atoms with Gasteiger partial charge < -0.3 is 10.2 Å². The fourth-order valence-electron chi connectivity index (χ4n) is 3.08. The topological polar surface area (TPSA) is 50.2 Å². The normalized spacial score (nSPS) is 16.3. The summed E-state index contributed by atoms with van der Waals surface area (Å²) in [7, 11) is 2.10. The highest BCUT2D eigenvalue weighted by Gasteiger charge is 2.24. The number of hydrogen-bond donors (Lipinski definition) is 1. The van der Waals surface area contributed by atoms with Crippen molar-refractivity contribution in [1.82, 2.24) is 20.0 Å². The minimum absolute atomic E-state index is 0.119. The smallest absolute Gasteiger partial charge is 0.256 e. The van der Waals surface area contributed by atoms with E-state index in [-0.39, 0.29) is 11.9 Å². The second kappa shape index (κ2) is 7.36. The van der Waals surface area contributed by atoms with Gasteiger partial charge in [0.25, 0.3) is 5.91 Å². The van der Waals surface area contributed by atoms with Crippen LogP contribution in [0.15, 0.2) is 30.3 Å². The molecular formula is C18H23ClN4O. The first-order valence-electron chi connectivity index (χ1n) is 8.31. The number of carbonyl (C=O) groups excluding carboxylic acids is 1. The number of carbonyl (C=O) groups is 1. The number of hydrogen-bond acceptors (Lipinski definition) is 3. The van der Waals surface area contributed by atoms with Crippen molar-refractivity contribution in [3.8, 4) is 0 Å². The number of aryl methyl sites for hydroxylation is 1. The Morgan fingerprint density at radius 1 is 1.29 bits per heavy atom. The third-order valence-electron chi connectivity index (χ3n) is 4.52. The molecule has 5 nitrogen and oxygen atoms in total. The third-order valence-corrected chi connectivity index (χ3v) is 4.91. The fraction of sp³-hybridized carbons (Fsp3) is 0.444. The van der Waals surface area contributed by atoms with Gasteiger partial charge >= 0.3 is 0 Å². The molecule has 2 aromatic rings. The molecule has 0 unspecified atom stereocenters. The van der Waals surface area contributed by atoms with E-state index in [1.54, 1.807) is 4.68 Å². The largest absolute Gasteiger partial charge is 0.349 e. The molecule has 1 N–H and O–H groups in total. The molecule has 0 spiro atoms. The van der Waals surface area contributed by atoms with E-state index >= 15 is 0 Å². The Morgan fingerprint density at radius 2 is 1.96 bits per heavy atom. The van der Waals surface area contributed by atoms with Crippen molar-refractivity contribution < 1.29 is 4.79 Å². The van der Waals surface area contributed by atoms with Crippen LogP contribution in [0.25, 0.3) is 0 Å². The van der Waals surface area contributed by atoms with Gasteiger partial charge in [0, 0.05) is 6.04 Å². The van der Waals surface area contributed by atoms with Gasteiger partial charge in [-0.25, -0.2) is 4.68 Å². The van der Waals surface area contributed by atoms with E-state index in [2.05, 4.69) is 22.4 Å². The van der Waals surface area contributed by atoms with Crippen LogP contribution in [0, 0.1) is 6.92 Å². The van der Waals surface area contributed by atoms with Gasteiger partial charge in [0.1, 0.15) is 5.15 Å². The Morgan fingerprint density at radius 3 is 2.62 bits per heavy atom. The van der Waals surface area contributed by atoms with Gasteiger partial charge in [-0.3, -0.25) is 4.79 Å². The van der Waals surface area contributed by atoms with Crippen LogP contribution >= 0.6 is 11.6 Å². The molecule has 1 aliphatic rings. The molecule has 0 radical (unpaired) electrons. The van der Waals surface area contributed by atoms with Crippen LogP contribution < -0.4 is 5.32 Å². The molecule has 0 bridgehead atoms. The second-order valence-corrected chi connectivity index (χ2v) is 6.80. The van der Waals surface area contributed by atoms with Gasteiger partial charge in [-0.1, -0.05) is 41.9 Å². The standard InChI is InChI=1S/C18H23ClN4O/c1-13-16(18(24)20-15-8-10-22(2)11-9-15)17(19)23(21-13)12-14-6-4-3-5-7-14/h3-7,15H,8-12H2,1-2H3,(H,20,24). The molecule has 0 atom stereocenters. The lowest BCUT2D eigenvalue weighted by molar-refractivity contribution is 0.0916. The Labute approximate surface area is 147 Å². The molecule has 1 aliphatic heterocycles. The summed E-state index contributed by atoms with van der Waals surface area (Å²) in [5.41, 5.74) is 2.26. The lowest BCUT2D eigenvalue weighted by Gasteiger charge is -2.29. The number of amides is 1. The van der Waals surface area contributed by atoms with E-state index in [4.69, 9.17) is 11.6 Å². The van der Waals surface area contributed by atoms with Gasteiger partial charge in [0.05, 0.1) is 17.8 Å². The maximum atomic E-state index is 12.6. The Hall–Kier alpha value is -1.85. The summed E-state index contributed by atoms with van der Waals surface area (Å²) < 4.78 is 1.69. The maximum Gasteiger partial charge on any atom is 0.256 e. The molecule has 1 amide bonds. The molecule has 1 aromatic heterocycles. The van der Waals surface area contributed by atoms with Crippen molar-refractivity contribution in [1.29, 1.82) is 0 Å². The monoisotopic (exact) mass is 346 g/mol. The van der Waals surface area contributed by atoms with Gasteiger partial charge in [0.2, 0.25) is 0 Å². The first kappa shape index (κ1) is 17.0. The number of aromatic nitrogens is 2. The predicted octanol–water partition coefficient (Wildman–Crippen LogP) is 2.72. The molecule has 24 heavy (non-hydrogen) atoms. The fourth-order valence-corrected chi connectivity index (χ4v) is 3.40. The van der Waals surface area contributed by atoms with E-state index in [1.165, 1.54) is 0 Å². The Bertz CT molecular complexity index is 705. The lowest BCUT2D eigenvalue weighted by atomic mass is 10.1. The molecule has 0 aliphatic carbocycles. The van der Waals surface area contributed by atoms with E-state index in [1.807, 2.05) is 37.3 Å². The first-order valence-corrected chi connectivity index (χ1v) is 8.68. The zero-order valence-electron chi connectivity index (χ0n) is 14.1. The van der Waals surface area contributed by atoms with E-state index in [9.17, 15) is 4.79 Å². The van der Waals surface area contributed by atoms with Crippen molar-refractivity contribution >= 4 is 17.5 Å². The quantitative estimate of drug-likeness (QED) is 0.926. The number of nitrogens with one attached hydrogen (secondary N) is 1. The van der Waals surface area contributed by atoms with Gasteiger partial charge in [0.15, 0.2) is 0 Å². The molecular weight excluding hydrogens is 324 g/mol. The number of piperidine rings is 1. The summed E-state index contributed by atoms with van der Waals surface area (Å²) >= 11 is 6.45. The molecule has 0 saturated carbocycles. The van der Waals surface area contributed by atoms with Crippen LogP contribution in [-0.4, -0.2) is 46.8 Å². The minimum atomic E-state index is -0.119. The molecule has 1 fully saturated rings. The zero-order chi connectivity index (χ0) is 17.1. The Kier molecular flexibility index (Phi) is 5.21. The minimum Gasteiger partial charge on any atom is -0.349 e. The van der Waals surface area contributed by atoms with E-state index < -0.39 is 0 Å². The van der Waals surface area contributed by atoms with E-state index in [0.29, 0.717) is 23.0 Å². The van der Waals surface area contributed by atoms with Gasteiger partial charge in [-0.2, -0.15) is 5.10 Å². The highest BCUT2D eigenvalue weighted by Crippen LogP contribution is 2.21. The van der Waals surface area contributed by atoms with Crippen molar-refractivity contribution in [2.24, 2.45) is 0 Å². The highest BCUT2D eigenvalue weighted by molar-refractivity contribution is 6.33. The summed E-state index contributed by atoms with van der Waals surface area (Å²) in [5.74, 6) is -0.119. The van der Waals surface area contributed by atoms with Crippen molar-refractivity contribution in [2.45, 2.75) is 32.4 Å². The number of likely N-dealkylation sites (tertiary alicyclic amines) is 1. The molecule has 128 valence electrons. The first-order chi connectivity index (χ1) is 11.5. The lowest BCUT2D eigenvalue weighted by Crippen LogP contribution is -2.43. The van der Waals surface area contributed by atoms with Gasteiger partial charge in [-0.15, -0.1) is 0 Å². The van der Waals surface area contributed by atoms with Crippen LogP contribution in [0.2, 0.25) is 5.15 Å². The molecule has 6 heteroatoms. The summed E-state index contributed by atoms with van der Waals surface area (Å²) in [6.45, 7) is 4.40. The predicted molar refractivity (Wildman–Crippen MR) is 95.5 cm³/mol. The number of halogens is 1. The number of rotatable bonds is 4. The highest BCUT2D eigenvalue weighted by atomic mass is 35.5. The van der Waals surface area contributed by atoms with Crippen LogP contribution in [0.4, 0.5) is 0 Å². The second-order valence-electron chi connectivity index (χ2n) is 6.45. The summed E-state index contributed by atoms with van der Waals surface area (Å²) in [6.07, 6.45) is 1.94. The molecule has 1 aromatic carbocycles. The third kappa shape index (κ3) is 3.79. The van der Waals surface area contributed by atoms with Crippen LogP contribution in [0.3, 0.4) is 0 Å². The van der Waals surface area contributed by atoms with Crippen molar-refractivity contribution in [3.63, 3.8) is 0 Å². The van der Waals surface area contributed by atoms with E-state index in [0.717, 1.165) is 31.5 Å². The average Bonchev–Trinajstić information content (AvgIpc) is 2.84. The number of benzene rings is 1. The zero-order valence-corrected chi connectivity index (χ0v) is 14.9. The summed E-state index contributed by atoms with van der Waals surface area (Å²) in [6, 6.07) is 10.2. The summed E-state index contributed by atoms with van der Waals surface area (Å²) in [5, 5.41) is 7.96. The van der Waals surface area contributed by atoms with Gasteiger partial charge in [-0.05, 0) is 45.5 Å². The van der Waals surface area contributed by atoms with Crippen molar-refractivity contribution in [2.75, 3.05) is 20.1 Å². The van der Waals surface area contributed by atoms with Crippen LogP contribution in [0.1, 0.15) is 34.5 Å². The average molecular weight is 347 g/mol. The Balaban J connectivity index is 1.72. The van der Waals surface area contributed by atoms with Crippen molar-refractivity contribution in [3.05, 3.63) is 52.3 Å². The number of nitrogens with zero attached hydrogens (tertiary/aromatic N) is 3. The summed E-state index contributed by atoms with van der Waals surface area (Å²) in [4.78, 5) is 14.9. The van der Waals surface area contributed by atoms with Crippen LogP contribution in [-0.2, 0) is 6.54 Å². The molecule has 1 saturated heterocycles. The van der Waals surface area contributed by atoms with Crippen LogP contribution in [0.5, 0.6) is 0 Å². The molecule has 2 heterocycles. The SMILES string of the molecule is Cc1nn(Cc2ccccc2)c(Cl)c1C(=O)NC1CCN(C)CC1. The maximum absolute atomic E-state index is 12.6. The molecule has 3 rings (SSSR count).